The highest BCUT2D eigenvalue weighted by molar-refractivity contribution is 5.74. The Bertz CT molecular complexity index is 594. The first kappa shape index (κ1) is 16.1. The van der Waals surface area contributed by atoms with E-state index in [2.05, 4.69) is 34.3 Å². The standard InChI is InChI=1S/C17H24N4O/c1-4-8-15(14-9-6-5-7-10-14)20-17(22)21(3)12-16-18-11-13(2)19-16/h5-7,9-11,15H,4,8,12H2,1-3H3,(H,18,19)(H,20,22). The molecule has 1 heterocycles. The first-order valence-corrected chi connectivity index (χ1v) is 7.67. The van der Waals surface area contributed by atoms with Crippen LogP contribution in [0.4, 0.5) is 4.79 Å². The number of carbonyl (C=O) groups is 1. The molecule has 0 aliphatic rings. The third-order valence-electron chi connectivity index (χ3n) is 3.57. The van der Waals surface area contributed by atoms with Crippen LogP contribution in [0.15, 0.2) is 36.5 Å². The second-order valence-electron chi connectivity index (χ2n) is 5.57. The highest BCUT2D eigenvalue weighted by Crippen LogP contribution is 2.18. The number of carbonyl (C=O) groups excluding carboxylic acids is 1. The molecule has 1 aromatic carbocycles. The molecule has 2 rings (SSSR count). The van der Waals surface area contributed by atoms with Crippen LogP contribution in [0, 0.1) is 6.92 Å². The first-order valence-electron chi connectivity index (χ1n) is 7.67. The minimum Gasteiger partial charge on any atom is -0.345 e. The largest absolute Gasteiger partial charge is 0.345 e. The van der Waals surface area contributed by atoms with Crippen LogP contribution in [-0.4, -0.2) is 27.9 Å². The fourth-order valence-corrected chi connectivity index (χ4v) is 2.40. The number of nitrogens with one attached hydrogen (secondary N) is 2. The molecular formula is C17H24N4O. The van der Waals surface area contributed by atoms with Gasteiger partial charge in [0.2, 0.25) is 0 Å². The third kappa shape index (κ3) is 4.35. The zero-order valence-electron chi connectivity index (χ0n) is 13.5. The van der Waals surface area contributed by atoms with Crippen molar-refractivity contribution in [2.24, 2.45) is 0 Å². The van der Waals surface area contributed by atoms with Crippen LogP contribution in [0.5, 0.6) is 0 Å². The van der Waals surface area contributed by atoms with Crippen molar-refractivity contribution < 1.29 is 4.79 Å². The molecule has 118 valence electrons. The van der Waals surface area contributed by atoms with E-state index in [1.54, 1.807) is 18.1 Å². The summed E-state index contributed by atoms with van der Waals surface area (Å²) in [6.07, 6.45) is 3.70. The quantitative estimate of drug-likeness (QED) is 0.859. The van der Waals surface area contributed by atoms with Crippen molar-refractivity contribution in [3.05, 3.63) is 53.6 Å². The molecule has 0 bridgehead atoms. The van der Waals surface area contributed by atoms with Crippen molar-refractivity contribution in [1.29, 1.82) is 0 Å². The Balaban J connectivity index is 1.98. The van der Waals surface area contributed by atoms with Crippen LogP contribution < -0.4 is 5.32 Å². The van der Waals surface area contributed by atoms with E-state index < -0.39 is 0 Å². The Morgan fingerprint density at radius 3 is 2.68 bits per heavy atom. The van der Waals surface area contributed by atoms with E-state index in [0.29, 0.717) is 6.54 Å². The van der Waals surface area contributed by atoms with Gasteiger partial charge in [0, 0.05) is 18.9 Å². The highest BCUT2D eigenvalue weighted by atomic mass is 16.2. The van der Waals surface area contributed by atoms with E-state index in [0.717, 1.165) is 29.9 Å². The Morgan fingerprint density at radius 1 is 1.36 bits per heavy atom. The van der Waals surface area contributed by atoms with Gasteiger partial charge in [0.25, 0.3) is 0 Å². The molecule has 0 aliphatic heterocycles. The molecule has 0 radical (unpaired) electrons. The van der Waals surface area contributed by atoms with Gasteiger partial charge in [0.1, 0.15) is 5.82 Å². The van der Waals surface area contributed by atoms with Gasteiger partial charge in [0.05, 0.1) is 12.6 Å². The smallest absolute Gasteiger partial charge is 0.318 e. The molecule has 1 atom stereocenters. The lowest BCUT2D eigenvalue weighted by Gasteiger charge is -2.23. The molecule has 0 saturated heterocycles. The van der Waals surface area contributed by atoms with Crippen LogP contribution in [0.2, 0.25) is 0 Å². The number of amides is 2. The molecule has 0 spiro atoms. The van der Waals surface area contributed by atoms with E-state index in [-0.39, 0.29) is 12.1 Å². The summed E-state index contributed by atoms with van der Waals surface area (Å²) in [5.41, 5.74) is 2.14. The Hall–Kier alpha value is -2.30. The molecule has 0 fully saturated rings. The maximum atomic E-state index is 12.4. The molecule has 5 nitrogen and oxygen atoms in total. The maximum absolute atomic E-state index is 12.4. The molecule has 0 aliphatic carbocycles. The molecule has 0 saturated carbocycles. The van der Waals surface area contributed by atoms with Gasteiger partial charge in [-0.25, -0.2) is 9.78 Å². The van der Waals surface area contributed by atoms with Crippen molar-refractivity contribution >= 4 is 6.03 Å². The van der Waals surface area contributed by atoms with Crippen molar-refractivity contribution in [2.75, 3.05) is 7.05 Å². The topological polar surface area (TPSA) is 61.0 Å². The van der Waals surface area contributed by atoms with Crippen molar-refractivity contribution in [1.82, 2.24) is 20.2 Å². The predicted molar refractivity (Wildman–Crippen MR) is 87.4 cm³/mol. The molecule has 22 heavy (non-hydrogen) atoms. The summed E-state index contributed by atoms with van der Waals surface area (Å²) in [7, 11) is 1.78. The van der Waals surface area contributed by atoms with Crippen LogP contribution in [-0.2, 0) is 6.54 Å². The number of nitrogens with zero attached hydrogens (tertiary/aromatic N) is 2. The van der Waals surface area contributed by atoms with Crippen molar-refractivity contribution in [2.45, 2.75) is 39.3 Å². The van der Waals surface area contributed by atoms with E-state index in [4.69, 9.17) is 0 Å². The number of urea groups is 1. The van der Waals surface area contributed by atoms with Gasteiger partial charge < -0.3 is 15.2 Å². The van der Waals surface area contributed by atoms with E-state index in [1.807, 2.05) is 25.1 Å². The molecule has 2 N–H and O–H groups in total. The summed E-state index contributed by atoms with van der Waals surface area (Å²) < 4.78 is 0. The third-order valence-corrected chi connectivity index (χ3v) is 3.57. The van der Waals surface area contributed by atoms with Crippen LogP contribution in [0.3, 0.4) is 0 Å². The lowest BCUT2D eigenvalue weighted by Crippen LogP contribution is -2.39. The minimum absolute atomic E-state index is 0.0412. The average Bonchev–Trinajstić information content (AvgIpc) is 2.92. The van der Waals surface area contributed by atoms with E-state index >= 15 is 0 Å². The van der Waals surface area contributed by atoms with Gasteiger partial charge in [-0.2, -0.15) is 0 Å². The van der Waals surface area contributed by atoms with Crippen LogP contribution in [0.25, 0.3) is 0 Å². The Kier molecular flexibility index (Phi) is 5.58. The Morgan fingerprint density at radius 2 is 2.09 bits per heavy atom. The van der Waals surface area contributed by atoms with Gasteiger partial charge in [-0.1, -0.05) is 43.7 Å². The SMILES string of the molecule is CCCC(NC(=O)N(C)Cc1ncc(C)[nH]1)c1ccccc1. The predicted octanol–water partition coefficient (Wildman–Crippen LogP) is 3.40. The molecule has 2 amide bonds. The first-order chi connectivity index (χ1) is 10.6. The highest BCUT2D eigenvalue weighted by Gasteiger charge is 2.17. The number of H-pyrrole nitrogens is 1. The second-order valence-corrected chi connectivity index (χ2v) is 5.57. The zero-order chi connectivity index (χ0) is 15.9. The average molecular weight is 300 g/mol. The number of hydrogen-bond donors (Lipinski definition) is 2. The van der Waals surface area contributed by atoms with Crippen LogP contribution in [0.1, 0.15) is 42.9 Å². The Labute approximate surface area is 131 Å². The van der Waals surface area contributed by atoms with E-state index in [1.165, 1.54) is 0 Å². The lowest BCUT2D eigenvalue weighted by molar-refractivity contribution is 0.201. The number of rotatable bonds is 6. The van der Waals surface area contributed by atoms with Crippen molar-refractivity contribution in [3.8, 4) is 0 Å². The monoisotopic (exact) mass is 300 g/mol. The van der Waals surface area contributed by atoms with Gasteiger partial charge in [-0.05, 0) is 18.9 Å². The number of imidazole rings is 1. The molecular weight excluding hydrogens is 276 g/mol. The molecule has 5 heteroatoms. The lowest BCUT2D eigenvalue weighted by atomic mass is 10.0. The minimum atomic E-state index is -0.0867. The van der Waals surface area contributed by atoms with Gasteiger partial charge in [-0.3, -0.25) is 0 Å². The fraction of sp³-hybridized carbons (Fsp3) is 0.412. The summed E-state index contributed by atoms with van der Waals surface area (Å²) in [5.74, 6) is 0.793. The maximum Gasteiger partial charge on any atom is 0.318 e. The molecule has 1 unspecified atom stereocenters. The summed E-state index contributed by atoms with van der Waals surface area (Å²) >= 11 is 0. The molecule has 2 aromatic rings. The van der Waals surface area contributed by atoms with E-state index in [9.17, 15) is 4.79 Å². The fourth-order valence-electron chi connectivity index (χ4n) is 2.40. The summed E-state index contributed by atoms with van der Waals surface area (Å²) in [6, 6.07) is 10.0. The number of aromatic nitrogens is 2. The van der Waals surface area contributed by atoms with Crippen LogP contribution >= 0.6 is 0 Å². The van der Waals surface area contributed by atoms with Gasteiger partial charge >= 0.3 is 6.03 Å². The second kappa shape index (κ2) is 7.64. The zero-order valence-corrected chi connectivity index (χ0v) is 13.5. The number of hydrogen-bond acceptors (Lipinski definition) is 2. The van der Waals surface area contributed by atoms with Crippen molar-refractivity contribution in [3.63, 3.8) is 0 Å². The molecule has 1 aromatic heterocycles. The van der Waals surface area contributed by atoms with Gasteiger partial charge in [0.15, 0.2) is 0 Å². The number of aryl methyl sites for hydroxylation is 1. The summed E-state index contributed by atoms with van der Waals surface area (Å²) in [5, 5.41) is 3.11. The number of benzene rings is 1. The summed E-state index contributed by atoms with van der Waals surface area (Å²) in [4.78, 5) is 21.4. The van der Waals surface area contributed by atoms with Gasteiger partial charge in [-0.15, -0.1) is 0 Å². The number of aromatic amines is 1. The summed E-state index contributed by atoms with van der Waals surface area (Å²) in [6.45, 7) is 4.54. The normalized spacial score (nSPS) is 12.0.